The summed E-state index contributed by atoms with van der Waals surface area (Å²) in [6.45, 7) is 6.94. The summed E-state index contributed by atoms with van der Waals surface area (Å²) in [5.41, 5.74) is 27.9. The third-order valence-corrected chi connectivity index (χ3v) is 22.4. The molecule has 103 heavy (non-hydrogen) atoms. The third-order valence-electron chi connectivity index (χ3n) is 22.4. The fourth-order valence-electron chi connectivity index (χ4n) is 17.7. The summed E-state index contributed by atoms with van der Waals surface area (Å²) in [6.07, 6.45) is 0. The smallest absolute Gasteiger partial charge is 0.252 e. The number of hydrogen-bond donors (Lipinski definition) is 0. The van der Waals surface area contributed by atoms with E-state index >= 15 is 0 Å². The first kappa shape index (κ1) is 59.0. The van der Waals surface area contributed by atoms with Crippen molar-refractivity contribution in [2.75, 3.05) is 9.80 Å². The van der Waals surface area contributed by atoms with Crippen molar-refractivity contribution in [1.29, 1.82) is 0 Å². The number of para-hydroxylation sites is 2. The summed E-state index contributed by atoms with van der Waals surface area (Å²) >= 11 is 0. The van der Waals surface area contributed by atoms with Crippen LogP contribution in [0.15, 0.2) is 352 Å². The highest BCUT2D eigenvalue weighted by Gasteiger charge is 2.45. The van der Waals surface area contributed by atoms with E-state index < -0.39 is 0 Å². The van der Waals surface area contributed by atoms with E-state index in [0.29, 0.717) is 0 Å². The summed E-state index contributed by atoms with van der Waals surface area (Å²) in [6, 6.07) is 133. The Kier molecular flexibility index (Phi) is 13.0. The molecule has 0 unspecified atom stereocenters. The minimum Gasteiger partial charge on any atom is -0.311 e. The SMILES string of the molecule is CC(C)(C)c1cc2c3c(c1)N(c1ccccc1-c1ccccc1)c1cc(-n4c5ccc(-c6cccc7ccccc67)cc5c5c6ccccc6ccc54)ccc1B3c1ccc(-n3c4ccc(-c5cccc6ccccc56)cc4c4c5ccccc5ccc43)cc1N2c1ccccc1-c1ccccc1. The Morgan fingerprint density at radius 2 is 0.612 bits per heavy atom. The van der Waals surface area contributed by atoms with Gasteiger partial charge in [0.2, 0.25) is 0 Å². The standard InChI is InChI=1S/C98H67BN4/c1-98(2,3)70-58-93-97-94(59-70)103(86-43-21-19-37-78(86)65-26-8-5-9-27-65)92-61-72(101-88-53-47-69(76-41-23-33-63-29-11-15-35-74(63)76)57-82(88)96-80-39-17-13-31-67(80)45-55-90(96)101)49-51-84(92)99(97)83-50-48-71(60-91(83)102(93)85-42-20-18-36-77(85)64-24-6-4-7-25-64)100-87-52-46-68(75-40-22-32-62-28-10-14-34-73(62)75)56-81(87)95-79-38-16-12-30-66(79)44-54-89(95)100/h4-61H,1-3H3. The van der Waals surface area contributed by atoms with Gasteiger partial charge in [0.25, 0.3) is 6.71 Å². The first-order valence-electron chi connectivity index (χ1n) is 36.0. The molecule has 0 saturated carbocycles. The van der Waals surface area contributed by atoms with Crippen LogP contribution in [-0.4, -0.2) is 15.8 Å². The van der Waals surface area contributed by atoms with Crippen LogP contribution >= 0.6 is 0 Å². The number of nitrogens with zero attached hydrogens (tertiary/aromatic N) is 4. The molecule has 0 spiro atoms. The van der Waals surface area contributed by atoms with E-state index in [1.54, 1.807) is 0 Å². The van der Waals surface area contributed by atoms with Crippen molar-refractivity contribution >= 4 is 144 Å². The molecule has 0 saturated heterocycles. The highest BCUT2D eigenvalue weighted by molar-refractivity contribution is 7.00. The molecule has 0 fully saturated rings. The van der Waals surface area contributed by atoms with Gasteiger partial charge in [-0.1, -0.05) is 288 Å². The quantitative estimate of drug-likeness (QED) is 0.141. The van der Waals surface area contributed by atoms with Crippen molar-refractivity contribution in [3.63, 3.8) is 0 Å². The molecule has 21 rings (SSSR count). The van der Waals surface area contributed by atoms with Gasteiger partial charge in [0.1, 0.15) is 0 Å². The molecule has 0 radical (unpaired) electrons. The average molecular weight is 1310 g/mol. The zero-order valence-electron chi connectivity index (χ0n) is 57.4. The lowest BCUT2D eigenvalue weighted by Gasteiger charge is -2.46. The fourth-order valence-corrected chi connectivity index (χ4v) is 17.7. The van der Waals surface area contributed by atoms with Crippen molar-refractivity contribution in [3.05, 3.63) is 357 Å². The highest BCUT2D eigenvalue weighted by atomic mass is 15.2. The predicted molar refractivity (Wildman–Crippen MR) is 440 cm³/mol. The van der Waals surface area contributed by atoms with Crippen LogP contribution in [0.2, 0.25) is 0 Å². The molecule has 19 aromatic rings. The Hall–Kier alpha value is -13.0. The molecule has 2 aliphatic heterocycles. The summed E-state index contributed by atoms with van der Waals surface area (Å²) in [7, 11) is 0. The molecule has 482 valence electrons. The number of rotatable bonds is 8. The van der Waals surface area contributed by atoms with E-state index in [2.05, 4.69) is 392 Å². The zero-order valence-corrected chi connectivity index (χ0v) is 57.4. The molecular weight excluding hydrogens is 1240 g/mol. The van der Waals surface area contributed by atoms with Crippen molar-refractivity contribution < 1.29 is 0 Å². The maximum absolute atomic E-state index is 2.64. The summed E-state index contributed by atoms with van der Waals surface area (Å²) < 4.78 is 5.09. The lowest BCUT2D eigenvalue weighted by molar-refractivity contribution is 0.590. The topological polar surface area (TPSA) is 16.3 Å². The second-order valence-corrected chi connectivity index (χ2v) is 29.1. The highest BCUT2D eigenvalue weighted by Crippen LogP contribution is 2.52. The Balaban J connectivity index is 0.854. The molecule has 0 bridgehead atoms. The molecule has 0 amide bonds. The predicted octanol–water partition coefficient (Wildman–Crippen LogP) is 24.5. The van der Waals surface area contributed by atoms with Crippen LogP contribution < -0.4 is 26.2 Å². The van der Waals surface area contributed by atoms with Crippen LogP contribution in [0.25, 0.3) is 143 Å². The molecule has 0 N–H and O–H groups in total. The molecule has 4 heterocycles. The molecule has 2 aromatic heterocycles. The first-order valence-corrected chi connectivity index (χ1v) is 36.0. The second-order valence-electron chi connectivity index (χ2n) is 29.1. The monoisotopic (exact) mass is 1310 g/mol. The van der Waals surface area contributed by atoms with Crippen LogP contribution in [0.3, 0.4) is 0 Å². The van der Waals surface area contributed by atoms with Crippen molar-refractivity contribution in [2.24, 2.45) is 0 Å². The lowest BCUT2D eigenvalue weighted by atomic mass is 9.33. The maximum atomic E-state index is 2.64. The van der Waals surface area contributed by atoms with Crippen molar-refractivity contribution in [1.82, 2.24) is 9.13 Å². The van der Waals surface area contributed by atoms with Crippen LogP contribution in [0, 0.1) is 0 Å². The van der Waals surface area contributed by atoms with Gasteiger partial charge in [0.05, 0.1) is 33.4 Å². The Morgan fingerprint density at radius 3 is 1.06 bits per heavy atom. The number of aromatic nitrogens is 2. The Morgan fingerprint density at radius 1 is 0.243 bits per heavy atom. The van der Waals surface area contributed by atoms with Gasteiger partial charge in [-0.2, -0.15) is 0 Å². The normalized spacial score (nSPS) is 12.7. The van der Waals surface area contributed by atoms with E-state index in [0.717, 1.165) is 67.4 Å². The van der Waals surface area contributed by atoms with Crippen LogP contribution in [-0.2, 0) is 5.41 Å². The Labute approximate surface area is 598 Å². The van der Waals surface area contributed by atoms with Crippen molar-refractivity contribution in [3.8, 4) is 55.9 Å². The van der Waals surface area contributed by atoms with E-state index in [1.807, 2.05) is 0 Å². The van der Waals surface area contributed by atoms with Gasteiger partial charge in [0, 0.05) is 66.8 Å². The second kappa shape index (κ2) is 22.8. The van der Waals surface area contributed by atoms with E-state index in [4.69, 9.17) is 0 Å². The summed E-state index contributed by atoms with van der Waals surface area (Å²) in [5, 5.41) is 14.8. The Bertz CT molecular complexity index is 6340. The molecule has 17 aromatic carbocycles. The molecule has 5 heteroatoms. The third kappa shape index (κ3) is 9.05. The van der Waals surface area contributed by atoms with Gasteiger partial charge in [-0.15, -0.1) is 0 Å². The molecular formula is C98H67BN4. The maximum Gasteiger partial charge on any atom is 0.252 e. The van der Waals surface area contributed by atoms with Crippen molar-refractivity contribution in [2.45, 2.75) is 26.2 Å². The first-order chi connectivity index (χ1) is 50.8. The van der Waals surface area contributed by atoms with Crippen LogP contribution in [0.4, 0.5) is 34.1 Å². The van der Waals surface area contributed by atoms with Gasteiger partial charge >= 0.3 is 0 Å². The minimum atomic E-state index is -0.270. The number of fused-ring (bicyclic) bond motifs is 16. The van der Waals surface area contributed by atoms with E-state index in [-0.39, 0.29) is 12.1 Å². The zero-order chi connectivity index (χ0) is 68.2. The number of anilines is 6. The molecule has 0 aliphatic carbocycles. The number of hydrogen-bond acceptors (Lipinski definition) is 2. The lowest BCUT2D eigenvalue weighted by Crippen LogP contribution is -2.61. The summed E-state index contributed by atoms with van der Waals surface area (Å²) in [4.78, 5) is 5.28. The average Bonchev–Trinajstić information content (AvgIpc) is 1.08. The molecule has 0 atom stereocenters. The molecule has 4 nitrogen and oxygen atoms in total. The summed E-state index contributed by atoms with van der Waals surface area (Å²) in [5.74, 6) is 0. The van der Waals surface area contributed by atoms with Crippen LogP contribution in [0.5, 0.6) is 0 Å². The van der Waals surface area contributed by atoms with Gasteiger partial charge in [-0.05, 0) is 189 Å². The van der Waals surface area contributed by atoms with Gasteiger partial charge in [-0.25, -0.2) is 0 Å². The minimum absolute atomic E-state index is 0.192. The van der Waals surface area contributed by atoms with Gasteiger partial charge in [0.15, 0.2) is 0 Å². The van der Waals surface area contributed by atoms with E-state index in [1.165, 1.54) is 131 Å². The number of benzene rings is 17. The molecule has 2 aliphatic rings. The fraction of sp³-hybridized carbons (Fsp3) is 0.0408. The van der Waals surface area contributed by atoms with Gasteiger partial charge in [-0.3, -0.25) is 0 Å². The van der Waals surface area contributed by atoms with Crippen LogP contribution in [0.1, 0.15) is 26.3 Å². The van der Waals surface area contributed by atoms with Gasteiger partial charge < -0.3 is 18.9 Å². The largest absolute Gasteiger partial charge is 0.311 e. The van der Waals surface area contributed by atoms with E-state index in [9.17, 15) is 0 Å².